The number of hydrogen-bond donors (Lipinski definition) is 4. The second kappa shape index (κ2) is 8.11. The number of carbonyl (C=O) groups is 4. The van der Waals surface area contributed by atoms with Gasteiger partial charge in [0, 0.05) is 18.7 Å². The second-order valence-corrected chi connectivity index (χ2v) is 6.51. The Hall–Kier alpha value is -3.72. The zero-order valence-corrected chi connectivity index (χ0v) is 15.1. The van der Waals surface area contributed by atoms with Gasteiger partial charge in [0.2, 0.25) is 0 Å². The van der Waals surface area contributed by atoms with Gasteiger partial charge in [0.05, 0.1) is 5.56 Å². The highest BCUT2D eigenvalue weighted by atomic mass is 16.4. The van der Waals surface area contributed by atoms with Crippen LogP contribution in [-0.2, 0) is 9.59 Å². The summed E-state index contributed by atoms with van der Waals surface area (Å²) in [5.41, 5.74) is 1.89. The Bertz CT molecular complexity index is 954. The van der Waals surface area contributed by atoms with Crippen LogP contribution in [0.25, 0.3) is 11.1 Å². The van der Waals surface area contributed by atoms with Crippen molar-refractivity contribution in [3.8, 4) is 11.1 Å². The molecule has 0 saturated carbocycles. The van der Waals surface area contributed by atoms with Gasteiger partial charge in [-0.05, 0) is 35.4 Å². The van der Waals surface area contributed by atoms with Crippen LogP contribution in [0, 0.1) is 0 Å². The quantitative estimate of drug-likeness (QED) is 0.584. The van der Waals surface area contributed by atoms with E-state index in [2.05, 4.69) is 5.32 Å². The van der Waals surface area contributed by atoms with E-state index in [1.807, 2.05) is 0 Å². The van der Waals surface area contributed by atoms with Gasteiger partial charge in [-0.3, -0.25) is 9.59 Å². The van der Waals surface area contributed by atoms with E-state index in [0.29, 0.717) is 0 Å². The van der Waals surface area contributed by atoms with Crippen LogP contribution in [0.4, 0.5) is 0 Å². The van der Waals surface area contributed by atoms with Gasteiger partial charge in [-0.2, -0.15) is 0 Å². The zero-order valence-electron chi connectivity index (χ0n) is 15.1. The molecular formula is C20H18N2O7. The topological polar surface area (TPSA) is 144 Å². The summed E-state index contributed by atoms with van der Waals surface area (Å²) in [4.78, 5) is 47.7. The number of carboxylic acids is 3. The fraction of sp³-hybridized carbons (Fsp3) is 0.200. The van der Waals surface area contributed by atoms with Gasteiger partial charge in [0.1, 0.15) is 6.04 Å². The van der Waals surface area contributed by atoms with Crippen molar-refractivity contribution in [2.75, 3.05) is 13.1 Å². The molecule has 1 fully saturated rings. The van der Waals surface area contributed by atoms with Crippen LogP contribution in [0.1, 0.15) is 20.7 Å². The summed E-state index contributed by atoms with van der Waals surface area (Å²) in [6.07, 6.45) is 0. The first-order valence-electron chi connectivity index (χ1n) is 8.73. The smallest absolute Gasteiger partial charge is 0.335 e. The molecule has 0 radical (unpaired) electrons. The Labute approximate surface area is 165 Å². The molecule has 0 spiro atoms. The lowest BCUT2D eigenvalue weighted by Crippen LogP contribution is -2.65. The van der Waals surface area contributed by atoms with Crippen molar-refractivity contribution in [2.45, 2.75) is 12.1 Å². The normalized spacial score (nSPS) is 18.8. The number of carboxylic acid groups (broad SMARTS) is 3. The van der Waals surface area contributed by atoms with Gasteiger partial charge in [-0.15, -0.1) is 0 Å². The molecule has 150 valence electrons. The minimum atomic E-state index is -1.52. The van der Waals surface area contributed by atoms with Crippen molar-refractivity contribution in [1.82, 2.24) is 10.2 Å². The lowest BCUT2D eigenvalue weighted by Gasteiger charge is -2.37. The molecule has 1 aliphatic rings. The molecule has 29 heavy (non-hydrogen) atoms. The van der Waals surface area contributed by atoms with E-state index in [0.717, 1.165) is 16.0 Å². The maximum Gasteiger partial charge on any atom is 0.335 e. The van der Waals surface area contributed by atoms with Gasteiger partial charge in [-0.25, -0.2) is 9.59 Å². The Morgan fingerprint density at radius 2 is 1.31 bits per heavy atom. The number of nitrogens with zero attached hydrogens (tertiary/aromatic N) is 1. The van der Waals surface area contributed by atoms with E-state index in [1.165, 1.54) is 24.3 Å². The molecule has 9 nitrogen and oxygen atoms in total. The van der Waals surface area contributed by atoms with Crippen LogP contribution in [0.15, 0.2) is 48.5 Å². The number of aromatic carboxylic acids is 1. The minimum absolute atomic E-state index is 0.0674. The van der Waals surface area contributed by atoms with Gasteiger partial charge < -0.3 is 25.5 Å². The highest BCUT2D eigenvalue weighted by molar-refractivity contribution is 5.99. The van der Waals surface area contributed by atoms with Crippen molar-refractivity contribution in [3.05, 3.63) is 59.7 Å². The Balaban J connectivity index is 1.83. The molecular weight excluding hydrogens is 380 g/mol. The molecule has 1 amide bonds. The predicted octanol–water partition coefficient (Wildman–Crippen LogP) is 1.00. The molecule has 0 aliphatic carbocycles. The molecule has 1 saturated heterocycles. The van der Waals surface area contributed by atoms with E-state index >= 15 is 0 Å². The third-order valence-electron chi connectivity index (χ3n) is 4.75. The molecule has 1 heterocycles. The molecule has 0 bridgehead atoms. The first-order chi connectivity index (χ1) is 13.8. The first-order valence-corrected chi connectivity index (χ1v) is 8.73. The molecule has 0 aromatic heterocycles. The SMILES string of the molecule is O=C(O)c1ccc(-c2ccc(C(=O)N3CCN[C@H](C(=O)O)[C@@H]3C(=O)O)cc2)cc1. The third kappa shape index (κ3) is 4.09. The highest BCUT2D eigenvalue weighted by Gasteiger charge is 2.43. The summed E-state index contributed by atoms with van der Waals surface area (Å²) in [5, 5.41) is 30.3. The van der Waals surface area contributed by atoms with E-state index in [9.17, 15) is 29.4 Å². The summed E-state index contributed by atoms with van der Waals surface area (Å²) < 4.78 is 0. The van der Waals surface area contributed by atoms with E-state index in [4.69, 9.17) is 5.11 Å². The van der Waals surface area contributed by atoms with Crippen LogP contribution in [0.5, 0.6) is 0 Å². The zero-order chi connectivity index (χ0) is 21.1. The van der Waals surface area contributed by atoms with Gasteiger partial charge in [0.15, 0.2) is 6.04 Å². The maximum absolute atomic E-state index is 12.8. The molecule has 3 rings (SSSR count). The average molecular weight is 398 g/mol. The first kappa shape index (κ1) is 20.0. The van der Waals surface area contributed by atoms with Crippen molar-refractivity contribution < 1.29 is 34.5 Å². The van der Waals surface area contributed by atoms with E-state index in [-0.39, 0.29) is 24.2 Å². The Morgan fingerprint density at radius 3 is 1.76 bits per heavy atom. The number of hydrogen-bond acceptors (Lipinski definition) is 5. The number of aliphatic carboxylic acids is 2. The molecule has 9 heteroatoms. The van der Waals surface area contributed by atoms with Crippen molar-refractivity contribution in [1.29, 1.82) is 0 Å². The van der Waals surface area contributed by atoms with Gasteiger partial charge >= 0.3 is 17.9 Å². The summed E-state index contributed by atoms with van der Waals surface area (Å²) >= 11 is 0. The van der Waals surface area contributed by atoms with Crippen LogP contribution < -0.4 is 5.32 Å². The third-order valence-corrected chi connectivity index (χ3v) is 4.75. The standard InChI is InChI=1S/C20H18N2O7/c23-17(22-10-9-21-15(19(26)27)16(22)20(28)29)13-5-1-11(2-6-13)12-3-7-14(8-4-12)18(24)25/h1-8,15-16,21H,9-10H2,(H,24,25)(H,26,27)(H,28,29)/t15-,16+/m0/s1. The lowest BCUT2D eigenvalue weighted by atomic mass is 10.00. The molecule has 2 aromatic rings. The molecule has 2 aromatic carbocycles. The summed E-state index contributed by atoms with van der Waals surface area (Å²) in [5.74, 6) is -4.33. The van der Waals surface area contributed by atoms with E-state index in [1.54, 1.807) is 24.3 Å². The van der Waals surface area contributed by atoms with Crippen LogP contribution in [0.3, 0.4) is 0 Å². The summed E-state index contributed by atoms with van der Waals surface area (Å²) in [7, 11) is 0. The number of carbonyl (C=O) groups excluding carboxylic acids is 1. The summed E-state index contributed by atoms with van der Waals surface area (Å²) in [6.45, 7) is 0.235. The predicted molar refractivity (Wildman–Crippen MR) is 101 cm³/mol. The molecule has 2 atom stereocenters. The van der Waals surface area contributed by atoms with E-state index < -0.39 is 35.9 Å². The monoisotopic (exact) mass is 398 g/mol. The molecule has 1 aliphatic heterocycles. The van der Waals surface area contributed by atoms with Crippen molar-refractivity contribution in [2.24, 2.45) is 0 Å². The Kier molecular flexibility index (Phi) is 5.60. The minimum Gasteiger partial charge on any atom is -0.480 e. The largest absolute Gasteiger partial charge is 0.480 e. The van der Waals surface area contributed by atoms with Crippen molar-refractivity contribution in [3.63, 3.8) is 0 Å². The molecule has 0 unspecified atom stereocenters. The number of nitrogens with one attached hydrogen (secondary N) is 1. The highest BCUT2D eigenvalue weighted by Crippen LogP contribution is 2.22. The van der Waals surface area contributed by atoms with Crippen LogP contribution in [0.2, 0.25) is 0 Å². The molecule has 4 N–H and O–H groups in total. The van der Waals surface area contributed by atoms with Gasteiger partial charge in [-0.1, -0.05) is 24.3 Å². The van der Waals surface area contributed by atoms with Crippen LogP contribution in [-0.4, -0.2) is 69.2 Å². The number of amides is 1. The lowest BCUT2D eigenvalue weighted by molar-refractivity contribution is -0.152. The number of benzene rings is 2. The van der Waals surface area contributed by atoms with Crippen LogP contribution >= 0.6 is 0 Å². The number of piperazine rings is 1. The Morgan fingerprint density at radius 1 is 0.793 bits per heavy atom. The number of rotatable bonds is 5. The maximum atomic E-state index is 12.8. The fourth-order valence-corrected chi connectivity index (χ4v) is 3.27. The summed E-state index contributed by atoms with van der Waals surface area (Å²) in [6, 6.07) is 9.71. The average Bonchev–Trinajstić information content (AvgIpc) is 2.72. The second-order valence-electron chi connectivity index (χ2n) is 6.51. The van der Waals surface area contributed by atoms with Crippen molar-refractivity contribution >= 4 is 23.8 Å². The van der Waals surface area contributed by atoms with Gasteiger partial charge in [0.25, 0.3) is 5.91 Å². The fourth-order valence-electron chi connectivity index (χ4n) is 3.27.